The quantitative estimate of drug-likeness (QED) is 0.338. The molecule has 0 saturated carbocycles. The van der Waals surface area contributed by atoms with Crippen molar-refractivity contribution in [2.45, 2.75) is 42.2 Å². The van der Waals surface area contributed by atoms with Crippen molar-refractivity contribution < 1.29 is 14.3 Å². The number of amides is 1. The monoisotopic (exact) mass is 493 g/mol. The molecule has 4 rings (SSSR count). The summed E-state index contributed by atoms with van der Waals surface area (Å²) in [7, 11) is 0. The summed E-state index contributed by atoms with van der Waals surface area (Å²) in [6.45, 7) is 2.14. The minimum Gasteiger partial charge on any atom is -0.465 e. The third-order valence-corrected chi connectivity index (χ3v) is 8.08. The molecule has 2 aromatic heterocycles. The highest BCUT2D eigenvalue weighted by Crippen LogP contribution is 2.39. The third-order valence-electron chi connectivity index (χ3n) is 4.66. The van der Waals surface area contributed by atoms with Crippen molar-refractivity contribution in [3.63, 3.8) is 0 Å². The van der Waals surface area contributed by atoms with E-state index in [4.69, 9.17) is 16.3 Å². The highest BCUT2D eigenvalue weighted by Gasteiger charge is 2.33. The van der Waals surface area contributed by atoms with Crippen LogP contribution in [0.4, 0.5) is 5.13 Å². The lowest BCUT2D eigenvalue weighted by atomic mass is 10.1. The fourth-order valence-electron chi connectivity index (χ4n) is 3.29. The van der Waals surface area contributed by atoms with Crippen LogP contribution in [0, 0.1) is 0 Å². The van der Waals surface area contributed by atoms with E-state index in [1.807, 2.05) is 29.6 Å². The number of thioether (sulfide) groups is 1. The average Bonchev–Trinajstić information content (AvgIpc) is 3.42. The average molecular weight is 494 g/mol. The summed E-state index contributed by atoms with van der Waals surface area (Å²) in [6, 6.07) is 7.75. The Morgan fingerprint density at radius 2 is 2.23 bits per heavy atom. The molecule has 1 unspecified atom stereocenters. The maximum absolute atomic E-state index is 12.5. The van der Waals surface area contributed by atoms with Gasteiger partial charge in [0.2, 0.25) is 5.91 Å². The van der Waals surface area contributed by atoms with E-state index >= 15 is 0 Å². The van der Waals surface area contributed by atoms with Crippen molar-refractivity contribution in [2.24, 2.45) is 0 Å². The number of aromatic nitrogens is 2. The number of carbonyl (C=O) groups excluding carboxylic acids is 2. The van der Waals surface area contributed by atoms with Gasteiger partial charge in [-0.2, -0.15) is 0 Å². The Bertz CT molecular complexity index is 1100. The van der Waals surface area contributed by atoms with Gasteiger partial charge in [0.1, 0.15) is 10.3 Å². The lowest BCUT2D eigenvalue weighted by Crippen LogP contribution is -2.16. The second kappa shape index (κ2) is 10.1. The van der Waals surface area contributed by atoms with E-state index in [2.05, 4.69) is 15.3 Å². The zero-order chi connectivity index (χ0) is 21.8. The minimum atomic E-state index is -0.325. The van der Waals surface area contributed by atoms with Gasteiger partial charge in [-0.1, -0.05) is 35.5 Å². The Morgan fingerprint density at radius 1 is 1.35 bits per heavy atom. The summed E-state index contributed by atoms with van der Waals surface area (Å²) < 4.78 is 6.04. The summed E-state index contributed by atoms with van der Waals surface area (Å²) in [5.74, 6) is 0.0346. The molecule has 0 saturated heterocycles. The van der Waals surface area contributed by atoms with Crippen LogP contribution in [-0.4, -0.2) is 28.5 Å². The van der Waals surface area contributed by atoms with Gasteiger partial charge in [-0.25, -0.2) is 9.97 Å². The number of rotatable bonds is 8. The molecule has 1 aromatic carbocycles. The molecule has 0 aliphatic heterocycles. The van der Waals surface area contributed by atoms with Gasteiger partial charge >= 0.3 is 5.97 Å². The first-order chi connectivity index (χ1) is 15.0. The molecule has 1 atom stereocenters. The smallest absolute Gasteiger partial charge is 0.315 e. The van der Waals surface area contributed by atoms with Gasteiger partial charge in [-0.3, -0.25) is 9.59 Å². The highest BCUT2D eigenvalue weighted by atomic mass is 35.5. The van der Waals surface area contributed by atoms with Crippen LogP contribution < -0.4 is 5.32 Å². The second-order valence-electron chi connectivity index (χ2n) is 6.92. The highest BCUT2D eigenvalue weighted by molar-refractivity contribution is 8.00. The Morgan fingerprint density at radius 3 is 3.03 bits per heavy atom. The molecule has 31 heavy (non-hydrogen) atoms. The molecule has 1 aliphatic carbocycles. The normalized spacial score (nSPS) is 15.0. The molecule has 0 spiro atoms. The fraction of sp³-hybridized carbons (Fsp3) is 0.333. The van der Waals surface area contributed by atoms with Crippen molar-refractivity contribution in [3.8, 4) is 0 Å². The van der Waals surface area contributed by atoms with Gasteiger partial charge in [-0.05, 0) is 37.5 Å². The number of esters is 1. The van der Waals surface area contributed by atoms with Crippen molar-refractivity contribution in [1.82, 2.24) is 9.97 Å². The van der Waals surface area contributed by atoms with E-state index in [9.17, 15) is 9.59 Å². The largest absolute Gasteiger partial charge is 0.465 e. The zero-order valence-corrected chi connectivity index (χ0v) is 19.9. The van der Waals surface area contributed by atoms with Gasteiger partial charge in [0, 0.05) is 21.0 Å². The standard InChI is InChI=1S/C21H20ClN3O3S3/c1-2-28-19(27)15-6-7-16-18(15)25-20(31-16)24-17(26)9-14-11-30-21(23-14)29-10-12-4-3-5-13(22)8-12/h3-5,8,11,15H,2,6-7,9-10H2,1H3,(H,24,25,26). The van der Waals surface area contributed by atoms with Gasteiger partial charge < -0.3 is 10.1 Å². The molecule has 0 radical (unpaired) electrons. The Hall–Kier alpha value is -1.94. The van der Waals surface area contributed by atoms with Gasteiger partial charge in [0.15, 0.2) is 5.13 Å². The molecule has 1 amide bonds. The van der Waals surface area contributed by atoms with Crippen LogP contribution in [0.1, 0.15) is 41.1 Å². The molecule has 1 aliphatic rings. The first-order valence-corrected chi connectivity index (χ1v) is 12.9. The molecule has 3 aromatic rings. The molecular formula is C21H20ClN3O3S3. The van der Waals surface area contributed by atoms with Crippen LogP contribution in [0.25, 0.3) is 0 Å². The van der Waals surface area contributed by atoms with Gasteiger partial charge in [-0.15, -0.1) is 22.7 Å². The van der Waals surface area contributed by atoms with E-state index in [1.165, 1.54) is 22.7 Å². The first-order valence-electron chi connectivity index (χ1n) is 9.79. The molecule has 0 bridgehead atoms. The topological polar surface area (TPSA) is 81.2 Å². The number of hydrogen-bond acceptors (Lipinski definition) is 8. The maximum Gasteiger partial charge on any atom is 0.315 e. The van der Waals surface area contributed by atoms with Crippen LogP contribution in [0.3, 0.4) is 0 Å². The summed E-state index contributed by atoms with van der Waals surface area (Å²) in [6.07, 6.45) is 1.68. The van der Waals surface area contributed by atoms with Gasteiger partial charge in [0.05, 0.1) is 24.4 Å². The number of fused-ring (bicyclic) bond motifs is 1. The van der Waals surface area contributed by atoms with E-state index in [-0.39, 0.29) is 24.2 Å². The van der Waals surface area contributed by atoms with Crippen LogP contribution in [-0.2, 0) is 32.9 Å². The fourth-order valence-corrected chi connectivity index (χ4v) is 6.34. The number of aryl methyl sites for hydroxylation is 1. The number of halogens is 1. The zero-order valence-electron chi connectivity index (χ0n) is 16.7. The minimum absolute atomic E-state index is 0.170. The van der Waals surface area contributed by atoms with E-state index in [0.29, 0.717) is 11.7 Å². The number of anilines is 1. The molecular weight excluding hydrogens is 474 g/mol. The second-order valence-corrected chi connectivity index (χ2v) is 10.5. The lowest BCUT2D eigenvalue weighted by molar-refractivity contribution is -0.145. The summed E-state index contributed by atoms with van der Waals surface area (Å²) >= 11 is 10.6. The van der Waals surface area contributed by atoms with Crippen LogP contribution in [0.5, 0.6) is 0 Å². The maximum atomic E-state index is 12.5. The summed E-state index contributed by atoms with van der Waals surface area (Å²) in [4.78, 5) is 34.6. The molecule has 2 heterocycles. The van der Waals surface area contributed by atoms with E-state index < -0.39 is 0 Å². The third kappa shape index (κ3) is 5.65. The number of thiazole rings is 2. The Labute approximate surface area is 197 Å². The van der Waals surface area contributed by atoms with Crippen LogP contribution in [0.2, 0.25) is 5.02 Å². The predicted molar refractivity (Wildman–Crippen MR) is 125 cm³/mol. The Balaban J connectivity index is 1.31. The number of nitrogens with zero attached hydrogens (tertiary/aromatic N) is 2. The van der Waals surface area contributed by atoms with Crippen molar-refractivity contribution in [1.29, 1.82) is 0 Å². The van der Waals surface area contributed by atoms with Crippen LogP contribution in [0.15, 0.2) is 34.0 Å². The molecule has 1 N–H and O–H groups in total. The molecule has 10 heteroatoms. The number of hydrogen-bond donors (Lipinski definition) is 1. The van der Waals surface area contributed by atoms with E-state index in [1.54, 1.807) is 18.7 Å². The molecule has 0 fully saturated rings. The van der Waals surface area contributed by atoms with Crippen molar-refractivity contribution >= 4 is 63.0 Å². The van der Waals surface area contributed by atoms with Crippen molar-refractivity contribution in [2.75, 3.05) is 11.9 Å². The number of benzene rings is 1. The van der Waals surface area contributed by atoms with Gasteiger partial charge in [0.25, 0.3) is 0 Å². The number of ether oxygens (including phenoxy) is 1. The Kier molecular flexibility index (Phi) is 7.27. The number of nitrogens with one attached hydrogen (secondary N) is 1. The van der Waals surface area contributed by atoms with E-state index in [0.717, 1.165) is 49.8 Å². The number of carbonyl (C=O) groups is 2. The van der Waals surface area contributed by atoms with Crippen molar-refractivity contribution in [3.05, 3.63) is 56.5 Å². The van der Waals surface area contributed by atoms with Crippen LogP contribution >= 0.6 is 46.0 Å². The SMILES string of the molecule is CCOC(=O)C1CCc2sc(NC(=O)Cc3csc(SCc4cccc(Cl)c4)n3)nc21. The molecule has 6 nitrogen and oxygen atoms in total. The predicted octanol–water partition coefficient (Wildman–Crippen LogP) is 5.32. The summed E-state index contributed by atoms with van der Waals surface area (Å²) in [5, 5.41) is 5.99. The summed E-state index contributed by atoms with van der Waals surface area (Å²) in [5.41, 5.74) is 2.60. The molecule has 162 valence electrons. The lowest BCUT2D eigenvalue weighted by Gasteiger charge is -2.07. The first kappa shape index (κ1) is 22.3.